The Labute approximate surface area is 251 Å². The zero-order valence-electron chi connectivity index (χ0n) is 23.3. The van der Waals surface area contributed by atoms with Crippen molar-refractivity contribution >= 4 is 44.1 Å². The molecule has 0 aliphatic carbocycles. The topological polar surface area (TPSA) is 77.8 Å². The molecule has 0 aliphatic heterocycles. The summed E-state index contributed by atoms with van der Waals surface area (Å²) in [5, 5.41) is 1.94. The molecule has 6 heteroatoms. The first-order chi connectivity index (χ1) is 21.8. The molecule has 0 atom stereocenters. The highest BCUT2D eigenvalue weighted by atomic mass is 16.3. The largest absolute Gasteiger partial charge is 0.454 e. The molecule has 6 nitrogen and oxygen atoms in total. The van der Waals surface area contributed by atoms with Crippen LogP contribution in [0.1, 0.15) is 0 Å². The van der Waals surface area contributed by atoms with Gasteiger partial charge < -0.3 is 8.83 Å². The van der Waals surface area contributed by atoms with Crippen molar-refractivity contribution in [2.45, 2.75) is 0 Å². The van der Waals surface area contributed by atoms with Crippen molar-refractivity contribution in [1.29, 1.82) is 0 Å². The minimum absolute atomic E-state index is 0.599. The Morgan fingerprint density at radius 3 is 1.20 bits per heavy atom. The van der Waals surface area contributed by atoms with Gasteiger partial charge in [0, 0.05) is 27.5 Å². The van der Waals surface area contributed by atoms with Crippen LogP contribution in [-0.2, 0) is 0 Å². The van der Waals surface area contributed by atoms with Crippen molar-refractivity contribution in [1.82, 2.24) is 19.9 Å². The highest BCUT2D eigenvalue weighted by Crippen LogP contribution is 2.42. The molecular weight excluding hydrogens is 544 g/mol. The van der Waals surface area contributed by atoms with Crippen LogP contribution in [0.5, 0.6) is 0 Å². The number of nitrogens with zero attached hydrogens (tertiary/aromatic N) is 4. The fraction of sp³-hybridized carbons (Fsp3) is 0. The van der Waals surface area contributed by atoms with E-state index in [1.807, 2.05) is 121 Å². The maximum atomic E-state index is 6.43. The molecule has 0 saturated heterocycles. The Kier molecular flexibility index (Phi) is 5.40. The van der Waals surface area contributed by atoms with E-state index in [2.05, 4.69) is 12.1 Å². The maximum Gasteiger partial charge on any atom is 0.165 e. The summed E-state index contributed by atoms with van der Waals surface area (Å²) >= 11 is 0. The SMILES string of the molecule is c1ccc(-c2nc(-c3ccccc3)nc(-c3ccc(-c4c5oc6ccccc6c5nc5c4oc4ccccc45)cc3)n2)cc1. The molecule has 4 aromatic heterocycles. The highest BCUT2D eigenvalue weighted by molar-refractivity contribution is 6.18. The van der Waals surface area contributed by atoms with Gasteiger partial charge in [0.25, 0.3) is 0 Å². The van der Waals surface area contributed by atoms with E-state index in [4.69, 9.17) is 28.8 Å². The fourth-order valence-corrected chi connectivity index (χ4v) is 5.83. The smallest absolute Gasteiger partial charge is 0.165 e. The fourth-order valence-electron chi connectivity index (χ4n) is 5.83. The first-order valence-corrected chi connectivity index (χ1v) is 14.4. The molecule has 5 aromatic carbocycles. The van der Waals surface area contributed by atoms with E-state index < -0.39 is 0 Å². The molecule has 0 unspecified atom stereocenters. The zero-order chi connectivity index (χ0) is 29.0. The number of fused-ring (bicyclic) bond motifs is 6. The van der Waals surface area contributed by atoms with Gasteiger partial charge in [0.1, 0.15) is 22.2 Å². The molecule has 9 rings (SSSR count). The molecule has 44 heavy (non-hydrogen) atoms. The van der Waals surface area contributed by atoms with Crippen LogP contribution in [0.15, 0.2) is 142 Å². The average molecular weight is 567 g/mol. The van der Waals surface area contributed by atoms with E-state index in [0.29, 0.717) is 28.6 Å². The molecule has 0 fully saturated rings. The van der Waals surface area contributed by atoms with Crippen molar-refractivity contribution in [3.8, 4) is 45.3 Å². The normalized spacial score (nSPS) is 11.6. The van der Waals surface area contributed by atoms with E-state index in [-0.39, 0.29) is 0 Å². The van der Waals surface area contributed by atoms with Crippen LogP contribution in [0, 0.1) is 0 Å². The lowest BCUT2D eigenvalue weighted by Gasteiger charge is -2.09. The summed E-state index contributed by atoms with van der Waals surface area (Å²) in [5.41, 5.74) is 9.16. The molecular formula is C38H22N4O2. The van der Waals surface area contributed by atoms with Gasteiger partial charge in [0.05, 0.1) is 5.56 Å². The van der Waals surface area contributed by atoms with Crippen molar-refractivity contribution in [3.63, 3.8) is 0 Å². The van der Waals surface area contributed by atoms with Crippen LogP contribution in [-0.4, -0.2) is 19.9 Å². The number of hydrogen-bond acceptors (Lipinski definition) is 6. The van der Waals surface area contributed by atoms with Crippen LogP contribution in [0.3, 0.4) is 0 Å². The predicted octanol–water partition coefficient (Wildman–Crippen LogP) is 9.73. The van der Waals surface area contributed by atoms with Gasteiger partial charge in [0.15, 0.2) is 28.6 Å². The van der Waals surface area contributed by atoms with Gasteiger partial charge in [-0.15, -0.1) is 0 Å². The van der Waals surface area contributed by atoms with Gasteiger partial charge in [-0.1, -0.05) is 109 Å². The third-order valence-electron chi connectivity index (χ3n) is 7.95. The first kappa shape index (κ1) is 24.5. The van der Waals surface area contributed by atoms with E-state index in [1.54, 1.807) is 0 Å². The lowest BCUT2D eigenvalue weighted by Crippen LogP contribution is -2.00. The van der Waals surface area contributed by atoms with Gasteiger partial charge in [-0.25, -0.2) is 19.9 Å². The zero-order valence-corrected chi connectivity index (χ0v) is 23.3. The average Bonchev–Trinajstić information content (AvgIpc) is 3.66. The van der Waals surface area contributed by atoms with Crippen molar-refractivity contribution < 1.29 is 8.83 Å². The number of hydrogen-bond donors (Lipinski definition) is 0. The number of pyridine rings is 1. The molecule has 9 aromatic rings. The number of furan rings is 2. The quantitative estimate of drug-likeness (QED) is 0.211. The molecule has 0 bridgehead atoms. The van der Waals surface area contributed by atoms with E-state index in [1.165, 1.54) is 0 Å². The lowest BCUT2D eigenvalue weighted by molar-refractivity contribution is 0.657. The van der Waals surface area contributed by atoms with Crippen LogP contribution in [0.2, 0.25) is 0 Å². The molecule has 0 spiro atoms. The molecule has 206 valence electrons. The number of aromatic nitrogens is 4. The molecule has 0 N–H and O–H groups in total. The minimum atomic E-state index is 0.599. The Morgan fingerprint density at radius 2 is 0.727 bits per heavy atom. The summed E-state index contributed by atoms with van der Waals surface area (Å²) in [6.07, 6.45) is 0. The molecule has 0 amide bonds. The first-order valence-electron chi connectivity index (χ1n) is 14.4. The standard InChI is InChI=1S/C38H22N4O2/c1-3-11-24(12-4-1)36-40-37(25-13-5-2-6-14-25)42-38(41-36)26-21-19-23(20-22-26)31-34-32(27-15-7-9-17-29(27)43-34)39-33-28-16-8-10-18-30(28)44-35(31)33/h1-22H. The predicted molar refractivity (Wildman–Crippen MR) is 174 cm³/mol. The second-order valence-corrected chi connectivity index (χ2v) is 10.7. The third-order valence-corrected chi connectivity index (χ3v) is 7.95. The molecule has 0 aliphatic rings. The lowest BCUT2D eigenvalue weighted by atomic mass is 10.0. The second-order valence-electron chi connectivity index (χ2n) is 10.7. The monoisotopic (exact) mass is 566 g/mol. The van der Waals surface area contributed by atoms with Gasteiger partial charge in [-0.3, -0.25) is 0 Å². The van der Waals surface area contributed by atoms with Gasteiger partial charge in [0.2, 0.25) is 0 Å². The van der Waals surface area contributed by atoms with Crippen molar-refractivity contribution in [2.75, 3.05) is 0 Å². The summed E-state index contributed by atoms with van der Waals surface area (Å²) in [4.78, 5) is 19.7. The van der Waals surface area contributed by atoms with Gasteiger partial charge >= 0.3 is 0 Å². The Balaban J connectivity index is 1.24. The number of benzene rings is 5. The Hall–Kier alpha value is -6.14. The maximum absolute atomic E-state index is 6.43. The molecule has 0 radical (unpaired) electrons. The summed E-state index contributed by atoms with van der Waals surface area (Å²) in [6, 6.07) is 44.2. The van der Waals surface area contributed by atoms with Crippen molar-refractivity contribution in [2.24, 2.45) is 0 Å². The summed E-state index contributed by atoms with van der Waals surface area (Å²) in [6.45, 7) is 0. The van der Waals surface area contributed by atoms with E-state index in [9.17, 15) is 0 Å². The highest BCUT2D eigenvalue weighted by Gasteiger charge is 2.22. The third kappa shape index (κ3) is 3.89. The van der Waals surface area contributed by atoms with Crippen LogP contribution >= 0.6 is 0 Å². The van der Waals surface area contributed by atoms with Crippen LogP contribution < -0.4 is 0 Å². The Bertz CT molecular complexity index is 2340. The number of para-hydroxylation sites is 2. The molecule has 4 heterocycles. The van der Waals surface area contributed by atoms with E-state index >= 15 is 0 Å². The summed E-state index contributed by atoms with van der Waals surface area (Å²) in [5.74, 6) is 1.85. The molecule has 0 saturated carbocycles. The summed E-state index contributed by atoms with van der Waals surface area (Å²) < 4.78 is 12.9. The summed E-state index contributed by atoms with van der Waals surface area (Å²) in [7, 11) is 0. The van der Waals surface area contributed by atoms with Crippen LogP contribution in [0.4, 0.5) is 0 Å². The van der Waals surface area contributed by atoms with Gasteiger partial charge in [-0.05, 0) is 29.8 Å². The second kappa shape index (κ2) is 9.71. The van der Waals surface area contributed by atoms with E-state index in [0.717, 1.165) is 60.8 Å². The Morgan fingerprint density at radius 1 is 0.341 bits per heavy atom. The van der Waals surface area contributed by atoms with Gasteiger partial charge in [-0.2, -0.15) is 0 Å². The van der Waals surface area contributed by atoms with Crippen LogP contribution in [0.25, 0.3) is 89.4 Å². The number of rotatable bonds is 4. The minimum Gasteiger partial charge on any atom is -0.454 e. The van der Waals surface area contributed by atoms with Crippen molar-refractivity contribution in [3.05, 3.63) is 133 Å².